The second-order valence-electron chi connectivity index (χ2n) is 5.85. The quantitative estimate of drug-likeness (QED) is 0.667. The molecule has 1 saturated carbocycles. The van der Waals surface area contributed by atoms with Crippen LogP contribution in [0.3, 0.4) is 0 Å². The topological polar surface area (TPSA) is 9.72 Å². The van der Waals surface area contributed by atoms with Crippen LogP contribution in [0.15, 0.2) is 0 Å². The maximum atomic E-state index is 2.77. The lowest BCUT2D eigenvalue weighted by Gasteiger charge is -2.38. The van der Waals surface area contributed by atoms with Crippen molar-refractivity contribution in [3.8, 4) is 0 Å². The van der Waals surface area contributed by atoms with Gasteiger partial charge in [0.05, 0.1) is 0 Å². The molecular weight excluding hydrogens is 229 g/mol. The van der Waals surface area contributed by atoms with E-state index in [1.54, 1.807) is 0 Å². The summed E-state index contributed by atoms with van der Waals surface area (Å²) in [6, 6.07) is 1.70. The molecule has 0 amide bonds. The van der Waals surface area contributed by atoms with E-state index in [1.807, 2.05) is 0 Å². The molecule has 3 fully saturated rings. The van der Waals surface area contributed by atoms with Crippen LogP contribution in [-0.4, -0.2) is 53.3 Å². The molecule has 2 heterocycles. The minimum Gasteiger partial charge on any atom is -0.257 e. The number of rotatable bonds is 1. The molecule has 0 aromatic carbocycles. The number of piperidine rings is 1. The summed E-state index contributed by atoms with van der Waals surface area (Å²) >= 11 is 0. The van der Waals surface area contributed by atoms with E-state index in [0.29, 0.717) is 0 Å². The Kier molecular flexibility index (Phi) is 3.72. The first kappa shape index (κ1) is 12.3. The van der Waals surface area contributed by atoms with Crippen molar-refractivity contribution < 1.29 is 0 Å². The van der Waals surface area contributed by atoms with Crippen molar-refractivity contribution in [2.24, 2.45) is 0 Å². The zero-order chi connectivity index (χ0) is 11.8. The highest BCUT2D eigenvalue weighted by Gasteiger charge is 2.46. The van der Waals surface area contributed by atoms with Crippen LogP contribution >= 0.6 is 8.37 Å². The molecule has 0 bridgehead atoms. The van der Waals surface area contributed by atoms with Gasteiger partial charge in [0.25, 0.3) is 0 Å². The Morgan fingerprint density at radius 2 is 1.29 bits per heavy atom. The third-order valence-corrected chi connectivity index (χ3v) is 7.43. The largest absolute Gasteiger partial charge is 0.257 e. The summed E-state index contributed by atoms with van der Waals surface area (Å²) in [5.74, 6) is 0. The normalized spacial score (nSPS) is 38.5. The molecule has 0 spiro atoms. The third kappa shape index (κ3) is 2.16. The lowest BCUT2D eigenvalue weighted by Crippen LogP contribution is -2.37. The van der Waals surface area contributed by atoms with Gasteiger partial charge in [0.15, 0.2) is 0 Å². The third-order valence-electron chi connectivity index (χ3n) is 4.80. The Morgan fingerprint density at radius 3 is 1.82 bits per heavy atom. The Hall–Kier alpha value is 0.310. The monoisotopic (exact) mass is 255 g/mol. The molecule has 2 aliphatic heterocycles. The summed E-state index contributed by atoms with van der Waals surface area (Å²) in [5.41, 5.74) is 0. The van der Waals surface area contributed by atoms with Gasteiger partial charge >= 0.3 is 0 Å². The van der Waals surface area contributed by atoms with Crippen molar-refractivity contribution >= 4 is 8.37 Å². The van der Waals surface area contributed by atoms with E-state index in [1.165, 1.54) is 58.0 Å². The van der Waals surface area contributed by atoms with Crippen LogP contribution < -0.4 is 0 Å². The van der Waals surface area contributed by atoms with Crippen LogP contribution in [0.1, 0.15) is 44.9 Å². The van der Waals surface area contributed by atoms with Gasteiger partial charge in [0.2, 0.25) is 0 Å². The fraction of sp³-hybridized carbons (Fsp3) is 1.00. The summed E-state index contributed by atoms with van der Waals surface area (Å²) in [6.45, 7) is 2.67. The van der Waals surface area contributed by atoms with Gasteiger partial charge in [-0.2, -0.15) is 0 Å². The van der Waals surface area contributed by atoms with Crippen molar-refractivity contribution in [3.63, 3.8) is 0 Å². The van der Waals surface area contributed by atoms with Gasteiger partial charge in [-0.25, -0.2) is 0 Å². The van der Waals surface area contributed by atoms with Crippen LogP contribution in [-0.2, 0) is 0 Å². The molecule has 3 rings (SSSR count). The highest BCUT2D eigenvalue weighted by Crippen LogP contribution is 2.57. The van der Waals surface area contributed by atoms with E-state index in [9.17, 15) is 0 Å². The molecule has 0 N–H and O–H groups in total. The van der Waals surface area contributed by atoms with Gasteiger partial charge in [-0.15, -0.1) is 0 Å². The van der Waals surface area contributed by atoms with Crippen molar-refractivity contribution in [3.05, 3.63) is 0 Å². The first-order chi connectivity index (χ1) is 8.29. The highest BCUT2D eigenvalue weighted by molar-refractivity contribution is 7.50. The van der Waals surface area contributed by atoms with Gasteiger partial charge in [-0.05, 0) is 39.8 Å². The van der Waals surface area contributed by atoms with Gasteiger partial charge in [0, 0.05) is 25.2 Å². The first-order valence-corrected chi connectivity index (χ1v) is 8.49. The fourth-order valence-electron chi connectivity index (χ4n) is 3.91. The number of nitrogens with zero attached hydrogens (tertiary/aromatic N) is 3. The number of likely N-dealkylation sites (N-methyl/N-ethyl adjacent to an activating group) is 2. The van der Waals surface area contributed by atoms with Gasteiger partial charge in [0.1, 0.15) is 8.37 Å². The van der Waals surface area contributed by atoms with Crippen molar-refractivity contribution in [1.29, 1.82) is 0 Å². The van der Waals surface area contributed by atoms with Gasteiger partial charge < -0.3 is 0 Å². The Bertz CT molecular complexity index is 249. The van der Waals surface area contributed by atoms with Gasteiger partial charge in [-0.1, -0.05) is 19.3 Å². The molecule has 98 valence electrons. The summed E-state index contributed by atoms with van der Waals surface area (Å²) in [6.07, 6.45) is 10.0. The summed E-state index contributed by atoms with van der Waals surface area (Å²) < 4.78 is 8.23. The highest BCUT2D eigenvalue weighted by atomic mass is 31.2. The smallest absolute Gasteiger partial charge is 0.120 e. The van der Waals surface area contributed by atoms with Crippen LogP contribution in [0, 0.1) is 0 Å². The lowest BCUT2D eigenvalue weighted by atomic mass is 9.91. The second kappa shape index (κ2) is 5.13. The molecule has 17 heavy (non-hydrogen) atoms. The molecule has 3 nitrogen and oxygen atoms in total. The molecule has 0 aromatic heterocycles. The van der Waals surface area contributed by atoms with E-state index in [-0.39, 0.29) is 8.37 Å². The van der Waals surface area contributed by atoms with E-state index < -0.39 is 0 Å². The first-order valence-electron chi connectivity index (χ1n) is 7.29. The minimum atomic E-state index is -0.136. The van der Waals surface area contributed by atoms with E-state index >= 15 is 0 Å². The number of hydrogen-bond acceptors (Lipinski definition) is 3. The average Bonchev–Trinajstić information content (AvgIpc) is 2.64. The Labute approximate surface area is 107 Å². The summed E-state index contributed by atoms with van der Waals surface area (Å²) in [5, 5.41) is 0. The van der Waals surface area contributed by atoms with Crippen molar-refractivity contribution in [2.75, 3.05) is 27.2 Å². The van der Waals surface area contributed by atoms with E-state index in [0.717, 1.165) is 12.1 Å². The second-order valence-corrected chi connectivity index (χ2v) is 8.21. The molecule has 0 unspecified atom stereocenters. The predicted molar refractivity (Wildman–Crippen MR) is 73.9 cm³/mol. The molecule has 3 aliphatic rings. The van der Waals surface area contributed by atoms with Gasteiger partial charge in [-0.3, -0.25) is 14.0 Å². The number of fused-ring (bicyclic) bond motifs is 1. The average molecular weight is 255 g/mol. The van der Waals surface area contributed by atoms with Crippen LogP contribution in [0.5, 0.6) is 0 Å². The molecule has 2 atom stereocenters. The van der Waals surface area contributed by atoms with Crippen LogP contribution in [0.4, 0.5) is 0 Å². The zero-order valence-electron chi connectivity index (χ0n) is 11.3. The summed E-state index contributed by atoms with van der Waals surface area (Å²) in [7, 11) is 4.63. The standard InChI is InChI=1S/C13H26N3P/c1-14-12-8-4-5-9-13(12)15(2)17(14)16-10-6-3-7-11-16/h12-13H,3-11H2,1-2H3/t12-,13-/m1/s1. The number of hydrogen-bond donors (Lipinski definition) is 0. The lowest BCUT2D eigenvalue weighted by molar-refractivity contribution is 0.233. The maximum Gasteiger partial charge on any atom is 0.120 e. The van der Waals surface area contributed by atoms with Crippen molar-refractivity contribution in [2.45, 2.75) is 57.0 Å². The van der Waals surface area contributed by atoms with Crippen LogP contribution in [0.2, 0.25) is 0 Å². The van der Waals surface area contributed by atoms with Crippen molar-refractivity contribution in [1.82, 2.24) is 14.0 Å². The summed E-state index contributed by atoms with van der Waals surface area (Å²) in [4.78, 5) is 0. The van der Waals surface area contributed by atoms with E-state index in [2.05, 4.69) is 28.1 Å². The zero-order valence-corrected chi connectivity index (χ0v) is 12.2. The predicted octanol–water partition coefficient (Wildman–Crippen LogP) is 2.89. The fourth-order valence-corrected chi connectivity index (χ4v) is 6.86. The molecule has 0 radical (unpaired) electrons. The van der Waals surface area contributed by atoms with Crippen LogP contribution in [0.25, 0.3) is 0 Å². The Balaban J connectivity index is 1.75. The Morgan fingerprint density at radius 1 is 0.765 bits per heavy atom. The SMILES string of the molecule is CN1[C@@H]2CCCC[C@H]2N(C)P1N1CCCCC1. The maximum absolute atomic E-state index is 2.77. The molecule has 4 heteroatoms. The molecule has 0 aromatic rings. The molecular formula is C13H26N3P. The molecule has 2 saturated heterocycles. The minimum absolute atomic E-state index is 0.136. The molecule has 1 aliphatic carbocycles. The van der Waals surface area contributed by atoms with E-state index in [4.69, 9.17) is 0 Å².